The van der Waals surface area contributed by atoms with E-state index in [1.54, 1.807) is 42.6 Å². The van der Waals surface area contributed by atoms with Gasteiger partial charge in [-0.25, -0.2) is 23.5 Å². The lowest BCUT2D eigenvalue weighted by Crippen LogP contribution is -2.51. The second-order valence-electron chi connectivity index (χ2n) is 8.06. The van der Waals surface area contributed by atoms with Crippen molar-refractivity contribution in [1.82, 2.24) is 9.97 Å². The molecule has 2 N–H and O–H groups in total. The SMILES string of the molecule is CC(F)(F)c1cccc(-c2ccc3c(n2)N(C(=O)Nc2ccccn2)[C@@H]2CN3CC2O)c1. The number of aliphatic hydroxyl groups is 1. The molecular formula is C23H21F2N5O2. The van der Waals surface area contributed by atoms with Crippen molar-refractivity contribution in [3.8, 4) is 11.3 Å². The van der Waals surface area contributed by atoms with Gasteiger partial charge in [0.2, 0.25) is 0 Å². The van der Waals surface area contributed by atoms with Crippen LogP contribution >= 0.6 is 0 Å². The predicted octanol–water partition coefficient (Wildman–Crippen LogP) is 3.86. The van der Waals surface area contributed by atoms with Gasteiger partial charge < -0.3 is 10.0 Å². The number of alkyl halides is 2. The Labute approximate surface area is 183 Å². The minimum atomic E-state index is -2.98. The van der Waals surface area contributed by atoms with Crippen LogP contribution in [0, 0.1) is 0 Å². The number of benzene rings is 1. The van der Waals surface area contributed by atoms with Crippen LogP contribution in [0.1, 0.15) is 12.5 Å². The fraction of sp³-hybridized carbons (Fsp3) is 0.261. The lowest BCUT2D eigenvalue weighted by molar-refractivity contribution is 0.0175. The largest absolute Gasteiger partial charge is 0.389 e. The van der Waals surface area contributed by atoms with Crippen LogP contribution in [0.4, 0.5) is 30.9 Å². The molecule has 0 aliphatic carbocycles. The number of nitrogens with one attached hydrogen (secondary N) is 1. The number of halogens is 2. The van der Waals surface area contributed by atoms with Gasteiger partial charge >= 0.3 is 6.03 Å². The zero-order chi connectivity index (χ0) is 22.5. The molecule has 4 heterocycles. The van der Waals surface area contributed by atoms with Crippen LogP contribution in [-0.2, 0) is 5.92 Å². The second kappa shape index (κ2) is 7.52. The number of fused-ring (bicyclic) bond motifs is 4. The second-order valence-corrected chi connectivity index (χ2v) is 8.06. The number of hydrogen-bond donors (Lipinski definition) is 2. The maximum atomic E-state index is 13.8. The van der Waals surface area contributed by atoms with E-state index in [9.17, 15) is 18.7 Å². The Morgan fingerprint density at radius 1 is 1.16 bits per heavy atom. The number of amides is 2. The monoisotopic (exact) mass is 437 g/mol. The van der Waals surface area contributed by atoms with Gasteiger partial charge in [0.1, 0.15) is 5.82 Å². The van der Waals surface area contributed by atoms with Crippen molar-refractivity contribution in [3.63, 3.8) is 0 Å². The van der Waals surface area contributed by atoms with Crippen molar-refractivity contribution < 1.29 is 18.7 Å². The van der Waals surface area contributed by atoms with Crippen LogP contribution in [0.25, 0.3) is 11.3 Å². The van der Waals surface area contributed by atoms with Crippen LogP contribution < -0.4 is 15.1 Å². The average molecular weight is 437 g/mol. The highest BCUT2D eigenvalue weighted by Crippen LogP contribution is 2.41. The normalized spacial score (nSPS) is 19.6. The first-order chi connectivity index (χ1) is 15.3. The molecule has 0 spiro atoms. The number of aromatic nitrogens is 2. The number of nitrogens with zero attached hydrogens (tertiary/aromatic N) is 4. The van der Waals surface area contributed by atoms with Gasteiger partial charge in [-0.3, -0.25) is 10.2 Å². The Balaban J connectivity index is 1.56. The van der Waals surface area contributed by atoms with Gasteiger partial charge in [-0.1, -0.05) is 24.3 Å². The molecule has 2 atom stereocenters. The summed E-state index contributed by atoms with van der Waals surface area (Å²) in [5.74, 6) is -2.23. The molecule has 32 heavy (non-hydrogen) atoms. The van der Waals surface area contributed by atoms with E-state index in [0.717, 1.165) is 6.92 Å². The smallest absolute Gasteiger partial charge is 0.329 e. The number of carbonyl (C=O) groups excluding carboxylic acids is 1. The molecule has 1 fully saturated rings. The maximum absolute atomic E-state index is 13.8. The first-order valence-electron chi connectivity index (χ1n) is 10.3. The third kappa shape index (κ3) is 3.54. The number of rotatable bonds is 3. The highest BCUT2D eigenvalue weighted by molar-refractivity contribution is 6.04. The molecule has 2 bridgehead atoms. The maximum Gasteiger partial charge on any atom is 0.329 e. The molecule has 164 valence electrons. The number of aliphatic hydroxyl groups excluding tert-OH is 1. The van der Waals surface area contributed by atoms with Crippen molar-refractivity contribution in [2.24, 2.45) is 0 Å². The van der Waals surface area contributed by atoms with E-state index in [2.05, 4.69) is 15.3 Å². The topological polar surface area (TPSA) is 81.6 Å². The van der Waals surface area contributed by atoms with E-state index in [1.807, 2.05) is 11.0 Å². The fourth-order valence-corrected chi connectivity index (χ4v) is 4.21. The minimum Gasteiger partial charge on any atom is -0.389 e. The molecule has 0 radical (unpaired) electrons. The van der Waals surface area contributed by atoms with Gasteiger partial charge in [-0.05, 0) is 30.3 Å². The van der Waals surface area contributed by atoms with E-state index in [1.165, 1.54) is 17.0 Å². The number of pyridine rings is 2. The van der Waals surface area contributed by atoms with Gasteiger partial charge in [0, 0.05) is 37.3 Å². The van der Waals surface area contributed by atoms with Gasteiger partial charge in [-0.2, -0.15) is 0 Å². The van der Waals surface area contributed by atoms with Gasteiger partial charge in [0.25, 0.3) is 5.92 Å². The Kier molecular flexibility index (Phi) is 4.78. The summed E-state index contributed by atoms with van der Waals surface area (Å²) in [7, 11) is 0. The summed E-state index contributed by atoms with van der Waals surface area (Å²) in [6.45, 7) is 1.70. The number of urea groups is 1. The summed E-state index contributed by atoms with van der Waals surface area (Å²) in [5.41, 5.74) is 1.57. The number of hydrogen-bond acceptors (Lipinski definition) is 5. The number of carbonyl (C=O) groups is 1. The van der Waals surface area contributed by atoms with Gasteiger partial charge in [-0.15, -0.1) is 0 Å². The molecule has 2 aromatic heterocycles. The number of anilines is 3. The molecular weight excluding hydrogens is 416 g/mol. The van der Waals surface area contributed by atoms with Crippen LogP contribution in [0.5, 0.6) is 0 Å². The van der Waals surface area contributed by atoms with Crippen LogP contribution in [0.3, 0.4) is 0 Å². The van der Waals surface area contributed by atoms with E-state index in [0.29, 0.717) is 41.7 Å². The molecule has 5 rings (SSSR count). The standard InChI is InChI=1S/C23H21F2N5O2/c1-23(24,25)15-6-4-5-14(11-15)16-8-9-17-21(27-16)30(18-12-29(17)13-19(18)31)22(32)28-20-7-2-3-10-26-20/h2-11,18-19,31H,12-13H2,1H3,(H,26,28,32)/t18-,19?/m1/s1. The highest BCUT2D eigenvalue weighted by Gasteiger charge is 2.45. The third-order valence-corrected chi connectivity index (χ3v) is 5.80. The highest BCUT2D eigenvalue weighted by atomic mass is 19.3. The summed E-state index contributed by atoms with van der Waals surface area (Å²) in [6, 6.07) is 13.8. The molecule has 3 aromatic rings. The van der Waals surface area contributed by atoms with Gasteiger partial charge in [0.05, 0.1) is 23.5 Å². The zero-order valence-electron chi connectivity index (χ0n) is 17.2. The fourth-order valence-electron chi connectivity index (χ4n) is 4.21. The molecule has 9 heteroatoms. The summed E-state index contributed by atoms with van der Waals surface area (Å²) in [5, 5.41) is 13.3. The van der Waals surface area contributed by atoms with Crippen LogP contribution in [0.15, 0.2) is 60.8 Å². The summed E-state index contributed by atoms with van der Waals surface area (Å²) < 4.78 is 27.7. The zero-order valence-corrected chi connectivity index (χ0v) is 17.2. The van der Waals surface area contributed by atoms with E-state index in [4.69, 9.17) is 0 Å². The first kappa shape index (κ1) is 20.3. The Bertz CT molecular complexity index is 1170. The molecule has 0 saturated carbocycles. The summed E-state index contributed by atoms with van der Waals surface area (Å²) >= 11 is 0. The summed E-state index contributed by atoms with van der Waals surface area (Å²) in [4.78, 5) is 25.4. The van der Waals surface area contributed by atoms with E-state index < -0.39 is 24.1 Å². The molecule has 1 aromatic carbocycles. The predicted molar refractivity (Wildman–Crippen MR) is 117 cm³/mol. The lowest BCUT2D eigenvalue weighted by atomic mass is 10.0. The van der Waals surface area contributed by atoms with Crippen molar-refractivity contribution >= 4 is 23.4 Å². The molecule has 2 aliphatic heterocycles. The lowest BCUT2D eigenvalue weighted by Gasteiger charge is -2.36. The molecule has 1 saturated heterocycles. The van der Waals surface area contributed by atoms with Crippen molar-refractivity contribution in [3.05, 3.63) is 66.4 Å². The van der Waals surface area contributed by atoms with Crippen LogP contribution in [0.2, 0.25) is 0 Å². The molecule has 7 nitrogen and oxygen atoms in total. The van der Waals surface area contributed by atoms with E-state index >= 15 is 0 Å². The Morgan fingerprint density at radius 3 is 2.75 bits per heavy atom. The van der Waals surface area contributed by atoms with Crippen molar-refractivity contribution in [2.75, 3.05) is 28.2 Å². The Hall–Kier alpha value is -3.59. The van der Waals surface area contributed by atoms with E-state index in [-0.39, 0.29) is 5.56 Å². The first-order valence-corrected chi connectivity index (χ1v) is 10.3. The average Bonchev–Trinajstić information content (AvgIpc) is 3.10. The van der Waals surface area contributed by atoms with Crippen molar-refractivity contribution in [2.45, 2.75) is 25.0 Å². The quantitative estimate of drug-likeness (QED) is 0.651. The molecule has 1 unspecified atom stereocenters. The van der Waals surface area contributed by atoms with Crippen molar-refractivity contribution in [1.29, 1.82) is 0 Å². The molecule has 2 amide bonds. The third-order valence-electron chi connectivity index (χ3n) is 5.80. The van der Waals surface area contributed by atoms with Crippen LogP contribution in [-0.4, -0.2) is 46.3 Å². The Morgan fingerprint density at radius 2 is 2.00 bits per heavy atom. The summed E-state index contributed by atoms with van der Waals surface area (Å²) in [6.07, 6.45) is 0.822. The molecule has 2 aliphatic rings. The van der Waals surface area contributed by atoms with Gasteiger partial charge in [0.15, 0.2) is 5.82 Å². The minimum absolute atomic E-state index is 0.112.